The molecule has 0 aliphatic rings. The van der Waals surface area contributed by atoms with Crippen molar-refractivity contribution in [3.8, 4) is 17.2 Å². The molecule has 0 aliphatic carbocycles. The van der Waals surface area contributed by atoms with Gasteiger partial charge in [0.1, 0.15) is 11.5 Å². The average molecular weight is 371 g/mol. The molecule has 26 heavy (non-hydrogen) atoms. The van der Waals surface area contributed by atoms with Gasteiger partial charge < -0.3 is 9.47 Å². The Labute approximate surface area is 157 Å². The first-order valence-corrected chi connectivity index (χ1v) is 8.80. The lowest BCUT2D eigenvalue weighted by atomic mass is 10.3. The number of hydrogen-bond acceptors (Lipinski definition) is 4. The molecule has 1 heterocycles. The molecule has 2 aromatic carbocycles. The summed E-state index contributed by atoms with van der Waals surface area (Å²) >= 11 is 5.95. The van der Waals surface area contributed by atoms with Gasteiger partial charge >= 0.3 is 5.97 Å². The highest BCUT2D eigenvalue weighted by Crippen LogP contribution is 2.25. The number of aromatic nitrogens is 2. The Morgan fingerprint density at radius 3 is 2.65 bits per heavy atom. The third-order valence-corrected chi connectivity index (χ3v) is 3.90. The summed E-state index contributed by atoms with van der Waals surface area (Å²) in [4.78, 5) is 11.9. The van der Waals surface area contributed by atoms with E-state index in [9.17, 15) is 4.79 Å². The van der Waals surface area contributed by atoms with E-state index in [0.29, 0.717) is 28.8 Å². The zero-order valence-corrected chi connectivity index (χ0v) is 15.1. The molecule has 0 saturated heterocycles. The van der Waals surface area contributed by atoms with Gasteiger partial charge in [-0.2, -0.15) is 5.10 Å². The fraction of sp³-hybridized carbons (Fsp3) is 0.200. The maximum absolute atomic E-state index is 11.9. The van der Waals surface area contributed by atoms with E-state index in [1.807, 2.05) is 43.3 Å². The van der Waals surface area contributed by atoms with E-state index in [1.54, 1.807) is 29.1 Å². The molecule has 0 atom stereocenters. The fourth-order valence-electron chi connectivity index (χ4n) is 2.29. The molecule has 6 heteroatoms. The minimum atomic E-state index is -0.405. The normalized spacial score (nSPS) is 10.5. The molecular weight excluding hydrogens is 352 g/mol. The van der Waals surface area contributed by atoms with Gasteiger partial charge in [-0.15, -0.1) is 0 Å². The van der Waals surface area contributed by atoms with E-state index in [1.165, 1.54) is 0 Å². The van der Waals surface area contributed by atoms with Crippen molar-refractivity contribution in [2.45, 2.75) is 19.8 Å². The van der Waals surface area contributed by atoms with Crippen molar-refractivity contribution < 1.29 is 14.3 Å². The molecule has 5 nitrogen and oxygen atoms in total. The van der Waals surface area contributed by atoms with E-state index in [4.69, 9.17) is 21.1 Å². The van der Waals surface area contributed by atoms with Crippen LogP contribution in [-0.2, 0) is 4.74 Å². The summed E-state index contributed by atoms with van der Waals surface area (Å²) in [6, 6.07) is 16.2. The summed E-state index contributed by atoms with van der Waals surface area (Å²) in [5, 5.41) is 4.89. The van der Waals surface area contributed by atoms with Gasteiger partial charge in [0.15, 0.2) is 5.69 Å². The Morgan fingerprint density at radius 1 is 1.12 bits per heavy atom. The molecule has 0 radical (unpaired) electrons. The molecule has 0 saturated carbocycles. The van der Waals surface area contributed by atoms with Gasteiger partial charge in [-0.25, -0.2) is 9.48 Å². The van der Waals surface area contributed by atoms with Crippen molar-refractivity contribution in [3.63, 3.8) is 0 Å². The molecule has 1 aromatic heterocycles. The van der Waals surface area contributed by atoms with Crippen LogP contribution < -0.4 is 4.74 Å². The Kier molecular flexibility index (Phi) is 5.92. The van der Waals surface area contributed by atoms with Crippen LogP contribution in [-0.4, -0.2) is 22.4 Å². The standard InChI is InChI=1S/C20H19ClN2O3/c1-2-3-13-25-20(24)19-11-12-23(22-19)16-7-9-17(10-8-16)26-18-6-4-5-15(21)14-18/h4-12,14H,2-3,13H2,1H3. The molecular formula is C20H19ClN2O3. The predicted octanol–water partition coefficient (Wildman–Crippen LogP) is 5.27. The van der Waals surface area contributed by atoms with Gasteiger partial charge in [-0.3, -0.25) is 0 Å². The number of rotatable bonds is 7. The summed E-state index contributed by atoms with van der Waals surface area (Å²) in [7, 11) is 0. The molecule has 3 rings (SSSR count). The molecule has 0 bridgehead atoms. The summed E-state index contributed by atoms with van der Waals surface area (Å²) < 4.78 is 12.6. The minimum Gasteiger partial charge on any atom is -0.461 e. The number of carbonyl (C=O) groups excluding carboxylic acids is 1. The average Bonchev–Trinajstić information content (AvgIpc) is 3.13. The van der Waals surface area contributed by atoms with E-state index in [0.717, 1.165) is 18.5 Å². The van der Waals surface area contributed by atoms with Crippen molar-refractivity contribution >= 4 is 17.6 Å². The van der Waals surface area contributed by atoms with Gasteiger partial charge in [-0.05, 0) is 55.0 Å². The largest absolute Gasteiger partial charge is 0.461 e. The molecule has 0 spiro atoms. The van der Waals surface area contributed by atoms with Crippen LogP contribution in [0.1, 0.15) is 30.3 Å². The maximum Gasteiger partial charge on any atom is 0.358 e. The SMILES string of the molecule is CCCCOC(=O)c1ccn(-c2ccc(Oc3cccc(Cl)c3)cc2)n1. The van der Waals surface area contributed by atoms with Crippen LogP contribution in [0.25, 0.3) is 5.69 Å². The second-order valence-corrected chi connectivity index (χ2v) is 6.12. The predicted molar refractivity (Wildman–Crippen MR) is 100 cm³/mol. The fourth-order valence-corrected chi connectivity index (χ4v) is 2.47. The van der Waals surface area contributed by atoms with Crippen LogP contribution in [0.3, 0.4) is 0 Å². The Balaban J connectivity index is 1.66. The van der Waals surface area contributed by atoms with Gasteiger partial charge in [0, 0.05) is 11.2 Å². The molecule has 134 valence electrons. The number of unbranched alkanes of at least 4 members (excludes halogenated alkanes) is 1. The summed E-state index contributed by atoms with van der Waals surface area (Å²) in [6.45, 7) is 2.46. The van der Waals surface area contributed by atoms with Crippen LogP contribution in [0, 0.1) is 0 Å². The van der Waals surface area contributed by atoms with E-state index >= 15 is 0 Å². The second kappa shape index (κ2) is 8.54. The molecule has 0 unspecified atom stereocenters. The van der Waals surface area contributed by atoms with Crippen molar-refractivity contribution in [1.82, 2.24) is 9.78 Å². The van der Waals surface area contributed by atoms with Crippen LogP contribution in [0.15, 0.2) is 60.8 Å². The lowest BCUT2D eigenvalue weighted by molar-refractivity contribution is 0.0492. The van der Waals surface area contributed by atoms with Crippen LogP contribution in [0.5, 0.6) is 11.5 Å². The zero-order valence-electron chi connectivity index (χ0n) is 14.4. The van der Waals surface area contributed by atoms with Crippen molar-refractivity contribution in [1.29, 1.82) is 0 Å². The summed E-state index contributed by atoms with van der Waals surface area (Å²) in [5.74, 6) is 0.946. The molecule has 0 amide bonds. The lowest BCUT2D eigenvalue weighted by Crippen LogP contribution is -2.08. The molecule has 0 fully saturated rings. The number of esters is 1. The first-order chi connectivity index (χ1) is 12.7. The van der Waals surface area contributed by atoms with Gasteiger partial charge in [0.2, 0.25) is 0 Å². The Bertz CT molecular complexity index is 875. The van der Waals surface area contributed by atoms with Crippen LogP contribution >= 0.6 is 11.6 Å². The van der Waals surface area contributed by atoms with E-state index in [2.05, 4.69) is 5.10 Å². The van der Waals surface area contributed by atoms with Crippen LogP contribution in [0.4, 0.5) is 0 Å². The number of halogens is 1. The van der Waals surface area contributed by atoms with E-state index < -0.39 is 5.97 Å². The van der Waals surface area contributed by atoms with Gasteiger partial charge in [-0.1, -0.05) is 31.0 Å². The van der Waals surface area contributed by atoms with Gasteiger partial charge in [0.05, 0.1) is 12.3 Å². The quantitative estimate of drug-likeness (QED) is 0.419. The Hall–Kier alpha value is -2.79. The second-order valence-electron chi connectivity index (χ2n) is 5.69. The lowest BCUT2D eigenvalue weighted by Gasteiger charge is -2.07. The number of ether oxygens (including phenoxy) is 2. The third kappa shape index (κ3) is 4.64. The van der Waals surface area contributed by atoms with E-state index in [-0.39, 0.29) is 0 Å². The smallest absolute Gasteiger partial charge is 0.358 e. The number of nitrogens with zero attached hydrogens (tertiary/aromatic N) is 2. The monoisotopic (exact) mass is 370 g/mol. The minimum absolute atomic E-state index is 0.292. The first-order valence-electron chi connectivity index (χ1n) is 8.42. The van der Waals surface area contributed by atoms with Crippen molar-refractivity contribution in [2.24, 2.45) is 0 Å². The zero-order chi connectivity index (χ0) is 18.4. The molecule has 0 N–H and O–H groups in total. The molecule has 0 aliphatic heterocycles. The molecule has 3 aromatic rings. The number of hydrogen-bond donors (Lipinski definition) is 0. The van der Waals surface area contributed by atoms with Crippen LogP contribution in [0.2, 0.25) is 5.02 Å². The summed E-state index contributed by atoms with van der Waals surface area (Å²) in [5.41, 5.74) is 1.11. The highest BCUT2D eigenvalue weighted by Gasteiger charge is 2.11. The maximum atomic E-state index is 11.9. The third-order valence-electron chi connectivity index (χ3n) is 3.66. The van der Waals surface area contributed by atoms with Crippen molar-refractivity contribution in [2.75, 3.05) is 6.61 Å². The van der Waals surface area contributed by atoms with Gasteiger partial charge in [0.25, 0.3) is 0 Å². The highest BCUT2D eigenvalue weighted by molar-refractivity contribution is 6.30. The first kappa shape index (κ1) is 18.0. The van der Waals surface area contributed by atoms with Crippen molar-refractivity contribution in [3.05, 3.63) is 71.5 Å². The number of carbonyl (C=O) groups is 1. The topological polar surface area (TPSA) is 53.4 Å². The Morgan fingerprint density at radius 2 is 1.92 bits per heavy atom. The highest BCUT2D eigenvalue weighted by atomic mass is 35.5. The number of benzene rings is 2. The summed E-state index contributed by atoms with van der Waals surface area (Å²) in [6.07, 6.45) is 3.55.